The Balaban J connectivity index is 2.91. The number of hydrogen-bond donors (Lipinski definition) is 1. The molecule has 1 aromatic carbocycles. The van der Waals surface area contributed by atoms with Gasteiger partial charge in [-0.25, -0.2) is 0 Å². The summed E-state index contributed by atoms with van der Waals surface area (Å²) < 4.78 is 11.8. The highest BCUT2D eigenvalue weighted by molar-refractivity contribution is 5.46. The Kier molecular flexibility index (Phi) is 7.34. The molecule has 0 aliphatic rings. The largest absolute Gasteiger partial charge is 0.490 e. The molecule has 1 atom stereocenters. The number of rotatable bonds is 9. The highest BCUT2D eigenvalue weighted by Crippen LogP contribution is 2.32. The van der Waals surface area contributed by atoms with Crippen molar-refractivity contribution < 1.29 is 9.47 Å². The summed E-state index contributed by atoms with van der Waals surface area (Å²) in [6.07, 6.45) is 2.40. The van der Waals surface area contributed by atoms with Gasteiger partial charge in [0, 0.05) is 12.1 Å². The zero-order chi connectivity index (χ0) is 14.1. The molecule has 1 aromatic rings. The molecule has 3 heteroatoms. The summed E-state index contributed by atoms with van der Waals surface area (Å²) in [6, 6.07) is 6.10. The fourth-order valence-electron chi connectivity index (χ4n) is 2.03. The van der Waals surface area contributed by atoms with E-state index in [1.165, 1.54) is 0 Å². The summed E-state index contributed by atoms with van der Waals surface area (Å²) in [7, 11) is 0. The molecule has 0 radical (unpaired) electrons. The van der Waals surface area contributed by atoms with Crippen LogP contribution in [-0.4, -0.2) is 19.3 Å². The van der Waals surface area contributed by atoms with E-state index in [1.54, 1.807) is 0 Å². The fourth-order valence-corrected chi connectivity index (χ4v) is 2.03. The minimum absolute atomic E-state index is 0.215. The third-order valence-corrected chi connectivity index (χ3v) is 2.94. The average Bonchev–Trinajstić information content (AvgIpc) is 2.39. The standard InChI is InChI=1S/C16H27NO2/c1-5-9-13(4)19-16-14(12-17-6-2)10-8-11-15(16)18-7-3/h8,10-11,13,17H,5-7,9,12H2,1-4H3. The monoisotopic (exact) mass is 265 g/mol. The molecule has 0 amide bonds. The Bertz CT molecular complexity index is 366. The number of para-hydroxylation sites is 1. The first-order chi connectivity index (χ1) is 9.22. The summed E-state index contributed by atoms with van der Waals surface area (Å²) in [4.78, 5) is 0. The second-order valence-electron chi connectivity index (χ2n) is 4.67. The Labute approximate surface area is 117 Å². The number of benzene rings is 1. The minimum Gasteiger partial charge on any atom is -0.490 e. The smallest absolute Gasteiger partial charge is 0.166 e. The molecule has 0 aromatic heterocycles. The van der Waals surface area contributed by atoms with Crippen LogP contribution in [0, 0.1) is 0 Å². The SMILES string of the molecule is CCCC(C)Oc1c(CNCC)cccc1OCC. The van der Waals surface area contributed by atoms with Gasteiger partial charge in [-0.15, -0.1) is 0 Å². The molecule has 108 valence electrons. The van der Waals surface area contributed by atoms with Crippen LogP contribution in [0.25, 0.3) is 0 Å². The lowest BCUT2D eigenvalue weighted by Gasteiger charge is -2.20. The van der Waals surface area contributed by atoms with Gasteiger partial charge in [-0.3, -0.25) is 0 Å². The van der Waals surface area contributed by atoms with Gasteiger partial charge in [-0.05, 0) is 32.9 Å². The van der Waals surface area contributed by atoms with E-state index in [9.17, 15) is 0 Å². The van der Waals surface area contributed by atoms with Crippen molar-refractivity contribution in [3.05, 3.63) is 23.8 Å². The molecular weight excluding hydrogens is 238 g/mol. The van der Waals surface area contributed by atoms with Crippen molar-refractivity contribution >= 4 is 0 Å². The Hall–Kier alpha value is -1.22. The van der Waals surface area contributed by atoms with Gasteiger partial charge >= 0.3 is 0 Å². The van der Waals surface area contributed by atoms with Crippen molar-refractivity contribution in [3.8, 4) is 11.5 Å². The van der Waals surface area contributed by atoms with Crippen LogP contribution in [0.4, 0.5) is 0 Å². The molecule has 3 nitrogen and oxygen atoms in total. The number of hydrogen-bond acceptors (Lipinski definition) is 3. The summed E-state index contributed by atoms with van der Waals surface area (Å²) in [6.45, 7) is 10.8. The van der Waals surface area contributed by atoms with Gasteiger partial charge in [-0.2, -0.15) is 0 Å². The predicted molar refractivity (Wildman–Crippen MR) is 80.0 cm³/mol. The van der Waals surface area contributed by atoms with Crippen LogP contribution in [0.2, 0.25) is 0 Å². The normalized spacial score (nSPS) is 12.2. The van der Waals surface area contributed by atoms with Crippen molar-refractivity contribution in [2.75, 3.05) is 13.2 Å². The van der Waals surface area contributed by atoms with Gasteiger partial charge in [0.25, 0.3) is 0 Å². The molecule has 1 N–H and O–H groups in total. The Morgan fingerprint density at radius 1 is 1.21 bits per heavy atom. The number of nitrogens with one attached hydrogen (secondary N) is 1. The van der Waals surface area contributed by atoms with Gasteiger partial charge in [0.05, 0.1) is 12.7 Å². The van der Waals surface area contributed by atoms with Crippen LogP contribution in [0.3, 0.4) is 0 Å². The van der Waals surface area contributed by atoms with Gasteiger partial charge in [0.2, 0.25) is 0 Å². The first-order valence-corrected chi connectivity index (χ1v) is 7.34. The van der Waals surface area contributed by atoms with Crippen LogP contribution >= 0.6 is 0 Å². The Morgan fingerprint density at radius 2 is 2.00 bits per heavy atom. The molecule has 0 saturated heterocycles. The van der Waals surface area contributed by atoms with Crippen molar-refractivity contribution in [1.82, 2.24) is 5.32 Å². The van der Waals surface area contributed by atoms with Crippen LogP contribution in [0.1, 0.15) is 46.1 Å². The maximum absolute atomic E-state index is 6.10. The maximum atomic E-state index is 6.10. The van der Waals surface area contributed by atoms with Crippen molar-refractivity contribution in [2.45, 2.75) is 53.2 Å². The van der Waals surface area contributed by atoms with E-state index in [0.29, 0.717) is 6.61 Å². The number of ether oxygens (including phenoxy) is 2. The molecule has 1 rings (SSSR count). The van der Waals surface area contributed by atoms with Crippen LogP contribution in [0.5, 0.6) is 11.5 Å². The quantitative estimate of drug-likeness (QED) is 0.737. The second kappa shape index (κ2) is 8.81. The fraction of sp³-hybridized carbons (Fsp3) is 0.625. The topological polar surface area (TPSA) is 30.5 Å². The third-order valence-electron chi connectivity index (χ3n) is 2.94. The lowest BCUT2D eigenvalue weighted by molar-refractivity contribution is 0.194. The molecule has 0 bridgehead atoms. The van der Waals surface area contributed by atoms with E-state index < -0.39 is 0 Å². The maximum Gasteiger partial charge on any atom is 0.166 e. The molecule has 0 fully saturated rings. The average molecular weight is 265 g/mol. The zero-order valence-corrected chi connectivity index (χ0v) is 12.7. The van der Waals surface area contributed by atoms with E-state index in [0.717, 1.165) is 43.0 Å². The molecule has 19 heavy (non-hydrogen) atoms. The van der Waals surface area contributed by atoms with E-state index in [2.05, 4.69) is 32.2 Å². The molecule has 0 spiro atoms. The first kappa shape index (κ1) is 15.8. The van der Waals surface area contributed by atoms with Gasteiger partial charge in [-0.1, -0.05) is 32.4 Å². The minimum atomic E-state index is 0.215. The first-order valence-electron chi connectivity index (χ1n) is 7.34. The van der Waals surface area contributed by atoms with Crippen molar-refractivity contribution in [1.29, 1.82) is 0 Å². The van der Waals surface area contributed by atoms with E-state index >= 15 is 0 Å². The van der Waals surface area contributed by atoms with E-state index in [1.807, 2.05) is 19.1 Å². The predicted octanol–water partition coefficient (Wildman–Crippen LogP) is 3.76. The van der Waals surface area contributed by atoms with Crippen LogP contribution in [0.15, 0.2) is 18.2 Å². The lowest BCUT2D eigenvalue weighted by atomic mass is 10.1. The second-order valence-corrected chi connectivity index (χ2v) is 4.67. The van der Waals surface area contributed by atoms with E-state index in [-0.39, 0.29) is 6.10 Å². The summed E-state index contributed by atoms with van der Waals surface area (Å²) in [5.41, 5.74) is 1.16. The summed E-state index contributed by atoms with van der Waals surface area (Å²) in [5, 5.41) is 3.34. The van der Waals surface area contributed by atoms with Gasteiger partial charge in [0.1, 0.15) is 0 Å². The van der Waals surface area contributed by atoms with Gasteiger partial charge in [0.15, 0.2) is 11.5 Å². The van der Waals surface area contributed by atoms with Crippen molar-refractivity contribution in [2.24, 2.45) is 0 Å². The third kappa shape index (κ3) is 5.11. The molecule has 0 saturated carbocycles. The zero-order valence-electron chi connectivity index (χ0n) is 12.7. The lowest BCUT2D eigenvalue weighted by Crippen LogP contribution is -2.17. The molecule has 1 unspecified atom stereocenters. The molecule has 0 aliphatic carbocycles. The van der Waals surface area contributed by atoms with Crippen molar-refractivity contribution in [3.63, 3.8) is 0 Å². The highest BCUT2D eigenvalue weighted by atomic mass is 16.5. The van der Waals surface area contributed by atoms with Gasteiger partial charge < -0.3 is 14.8 Å². The summed E-state index contributed by atoms with van der Waals surface area (Å²) >= 11 is 0. The molecule has 0 heterocycles. The van der Waals surface area contributed by atoms with Crippen LogP contribution in [-0.2, 0) is 6.54 Å². The summed E-state index contributed by atoms with van der Waals surface area (Å²) in [5.74, 6) is 1.74. The highest BCUT2D eigenvalue weighted by Gasteiger charge is 2.13. The Morgan fingerprint density at radius 3 is 2.63 bits per heavy atom. The van der Waals surface area contributed by atoms with Crippen LogP contribution < -0.4 is 14.8 Å². The molecular formula is C16H27NO2. The van der Waals surface area contributed by atoms with E-state index in [4.69, 9.17) is 9.47 Å². The molecule has 0 aliphatic heterocycles.